The predicted octanol–water partition coefficient (Wildman–Crippen LogP) is 3.80. The highest BCUT2D eigenvalue weighted by atomic mass is 19.4. The average Bonchev–Trinajstić information content (AvgIpc) is 3.14. The Balaban J connectivity index is 1.69. The molecule has 0 atom stereocenters. The van der Waals surface area contributed by atoms with Crippen molar-refractivity contribution in [1.82, 2.24) is 14.8 Å². The van der Waals surface area contributed by atoms with Crippen molar-refractivity contribution in [3.63, 3.8) is 0 Å². The molecule has 0 bridgehead atoms. The van der Waals surface area contributed by atoms with Crippen LogP contribution in [0.2, 0.25) is 0 Å². The first-order valence-corrected chi connectivity index (χ1v) is 9.33. The van der Waals surface area contributed by atoms with Crippen LogP contribution in [0.3, 0.4) is 0 Å². The van der Waals surface area contributed by atoms with E-state index in [-0.39, 0.29) is 11.4 Å². The van der Waals surface area contributed by atoms with E-state index >= 15 is 0 Å². The van der Waals surface area contributed by atoms with Gasteiger partial charge in [0, 0.05) is 18.4 Å². The molecule has 1 aromatic carbocycles. The Kier molecular flexibility index (Phi) is 6.38. The number of alkyl halides is 3. The van der Waals surface area contributed by atoms with Gasteiger partial charge in [-0.05, 0) is 38.1 Å². The summed E-state index contributed by atoms with van der Waals surface area (Å²) in [5.74, 6) is -1.05. The summed E-state index contributed by atoms with van der Waals surface area (Å²) in [4.78, 5) is 30.1. The van der Waals surface area contributed by atoms with Crippen LogP contribution in [0.15, 0.2) is 54.9 Å². The maximum atomic E-state index is 12.7. The number of halogens is 3. The van der Waals surface area contributed by atoms with Crippen LogP contribution in [-0.4, -0.2) is 39.8 Å². The van der Waals surface area contributed by atoms with Crippen LogP contribution < -0.4 is 4.90 Å². The zero-order valence-corrected chi connectivity index (χ0v) is 16.8. The molecule has 2 aromatic heterocycles. The van der Waals surface area contributed by atoms with E-state index in [2.05, 4.69) is 10.1 Å². The SMILES string of the molecule is CCN(C(=O)COC(=O)c1cnn(-c2ccc(C(F)(F)F)cn2)c1C)c1ccccc1. The quantitative estimate of drug-likeness (QED) is 0.554. The lowest BCUT2D eigenvalue weighted by Crippen LogP contribution is -2.34. The molecule has 0 saturated carbocycles. The number of para-hydroxylation sites is 1. The minimum atomic E-state index is -4.50. The normalized spacial score (nSPS) is 11.3. The number of anilines is 1. The molecular weight excluding hydrogens is 413 g/mol. The van der Waals surface area contributed by atoms with Gasteiger partial charge in [-0.25, -0.2) is 14.5 Å². The number of rotatable bonds is 6. The number of ether oxygens (including phenoxy) is 1. The second-order valence-corrected chi connectivity index (χ2v) is 6.51. The minimum Gasteiger partial charge on any atom is -0.452 e. The van der Waals surface area contributed by atoms with Crippen molar-refractivity contribution < 1.29 is 27.5 Å². The van der Waals surface area contributed by atoms with Gasteiger partial charge in [-0.15, -0.1) is 0 Å². The lowest BCUT2D eigenvalue weighted by Gasteiger charge is -2.20. The molecule has 0 spiro atoms. The first-order chi connectivity index (χ1) is 14.7. The van der Waals surface area contributed by atoms with E-state index in [9.17, 15) is 22.8 Å². The first-order valence-electron chi connectivity index (χ1n) is 9.33. The van der Waals surface area contributed by atoms with E-state index in [0.29, 0.717) is 24.1 Å². The number of likely N-dealkylation sites (N-methyl/N-ethyl adjacent to an activating group) is 1. The van der Waals surface area contributed by atoms with Crippen LogP contribution in [0.1, 0.15) is 28.5 Å². The molecule has 0 unspecified atom stereocenters. The summed E-state index contributed by atoms with van der Waals surface area (Å²) in [6.45, 7) is 3.28. The molecular formula is C21H19F3N4O3. The van der Waals surface area contributed by atoms with Crippen LogP contribution in [0, 0.1) is 6.92 Å². The number of carbonyl (C=O) groups excluding carboxylic acids is 2. The van der Waals surface area contributed by atoms with Crippen molar-refractivity contribution in [3.8, 4) is 5.82 Å². The number of benzene rings is 1. The summed E-state index contributed by atoms with van der Waals surface area (Å²) in [6, 6.07) is 11.0. The highest BCUT2D eigenvalue weighted by Gasteiger charge is 2.31. The van der Waals surface area contributed by atoms with Gasteiger partial charge in [-0.3, -0.25) is 4.79 Å². The van der Waals surface area contributed by atoms with Crippen molar-refractivity contribution in [2.24, 2.45) is 0 Å². The Hall–Kier alpha value is -3.69. The number of aromatic nitrogens is 3. The summed E-state index contributed by atoms with van der Waals surface area (Å²) in [7, 11) is 0. The van der Waals surface area contributed by atoms with Crippen molar-refractivity contribution in [1.29, 1.82) is 0 Å². The minimum absolute atomic E-state index is 0.0808. The molecule has 162 valence electrons. The number of carbonyl (C=O) groups is 2. The molecule has 0 aliphatic heterocycles. The molecule has 7 nitrogen and oxygen atoms in total. The van der Waals surface area contributed by atoms with E-state index < -0.39 is 30.2 Å². The molecule has 31 heavy (non-hydrogen) atoms. The molecule has 2 heterocycles. The third-order valence-corrected chi connectivity index (χ3v) is 4.53. The maximum absolute atomic E-state index is 12.7. The first kappa shape index (κ1) is 22.0. The Labute approximate surface area is 176 Å². The molecule has 0 aliphatic rings. The van der Waals surface area contributed by atoms with Gasteiger partial charge in [0.25, 0.3) is 5.91 Å². The monoisotopic (exact) mass is 432 g/mol. The predicted molar refractivity (Wildman–Crippen MR) is 106 cm³/mol. The molecule has 0 radical (unpaired) electrons. The third kappa shape index (κ3) is 4.90. The Morgan fingerprint density at radius 1 is 1.10 bits per heavy atom. The van der Waals surface area contributed by atoms with Crippen LogP contribution >= 0.6 is 0 Å². The maximum Gasteiger partial charge on any atom is 0.417 e. The zero-order chi connectivity index (χ0) is 22.6. The van der Waals surface area contributed by atoms with Gasteiger partial charge in [-0.2, -0.15) is 18.3 Å². The third-order valence-electron chi connectivity index (χ3n) is 4.53. The van der Waals surface area contributed by atoms with Gasteiger partial charge < -0.3 is 9.64 Å². The highest BCUT2D eigenvalue weighted by molar-refractivity contribution is 5.97. The Morgan fingerprint density at radius 2 is 1.81 bits per heavy atom. The van der Waals surface area contributed by atoms with Crippen molar-refractivity contribution in [2.45, 2.75) is 20.0 Å². The van der Waals surface area contributed by atoms with E-state index in [1.54, 1.807) is 38.1 Å². The van der Waals surface area contributed by atoms with Crippen molar-refractivity contribution in [2.75, 3.05) is 18.1 Å². The van der Waals surface area contributed by atoms with Gasteiger partial charge in [-0.1, -0.05) is 18.2 Å². The number of amides is 1. The van der Waals surface area contributed by atoms with E-state index in [1.165, 1.54) is 15.8 Å². The molecule has 1 amide bonds. The fourth-order valence-electron chi connectivity index (χ4n) is 2.91. The van der Waals surface area contributed by atoms with E-state index in [4.69, 9.17) is 4.74 Å². The van der Waals surface area contributed by atoms with Crippen LogP contribution in [-0.2, 0) is 15.7 Å². The number of esters is 1. The number of nitrogens with zero attached hydrogens (tertiary/aromatic N) is 4. The van der Waals surface area contributed by atoms with Crippen molar-refractivity contribution >= 4 is 17.6 Å². The summed E-state index contributed by atoms with van der Waals surface area (Å²) < 4.78 is 44.5. The fourth-order valence-corrected chi connectivity index (χ4v) is 2.91. The van der Waals surface area contributed by atoms with Crippen LogP contribution in [0.4, 0.5) is 18.9 Å². The van der Waals surface area contributed by atoms with Crippen molar-refractivity contribution in [3.05, 3.63) is 71.7 Å². The summed E-state index contributed by atoms with van der Waals surface area (Å²) >= 11 is 0. The van der Waals surface area contributed by atoms with E-state index in [1.807, 2.05) is 6.07 Å². The standard InChI is InChI=1S/C21H19F3N4O3/c1-3-27(16-7-5-4-6-8-16)19(29)13-31-20(30)17-12-26-28(14(17)2)18-10-9-15(11-25-18)21(22,23)24/h4-12H,3,13H2,1-2H3. The van der Waals surface area contributed by atoms with Gasteiger partial charge in [0.2, 0.25) is 0 Å². The second-order valence-electron chi connectivity index (χ2n) is 6.51. The van der Waals surface area contributed by atoms with Gasteiger partial charge in [0.15, 0.2) is 12.4 Å². The molecule has 10 heteroatoms. The molecule has 0 fully saturated rings. The smallest absolute Gasteiger partial charge is 0.417 e. The van der Waals surface area contributed by atoms with Crippen LogP contribution in [0.5, 0.6) is 0 Å². The molecule has 0 saturated heterocycles. The lowest BCUT2D eigenvalue weighted by atomic mass is 10.2. The Bertz CT molecular complexity index is 1060. The lowest BCUT2D eigenvalue weighted by molar-refractivity contribution is -0.137. The summed E-state index contributed by atoms with van der Waals surface area (Å²) in [5, 5.41) is 4.00. The van der Waals surface area contributed by atoms with Gasteiger partial charge in [0.1, 0.15) is 5.56 Å². The molecule has 3 aromatic rings. The number of pyridine rings is 1. The number of hydrogen-bond acceptors (Lipinski definition) is 5. The van der Waals surface area contributed by atoms with E-state index in [0.717, 1.165) is 12.1 Å². The highest BCUT2D eigenvalue weighted by Crippen LogP contribution is 2.28. The zero-order valence-electron chi connectivity index (χ0n) is 16.8. The van der Waals surface area contributed by atoms with Gasteiger partial charge in [0.05, 0.1) is 17.5 Å². The Morgan fingerprint density at radius 3 is 2.39 bits per heavy atom. The molecule has 0 N–H and O–H groups in total. The average molecular weight is 432 g/mol. The van der Waals surface area contributed by atoms with Crippen LogP contribution in [0.25, 0.3) is 5.82 Å². The summed E-state index contributed by atoms with van der Waals surface area (Å²) in [6.07, 6.45) is -2.59. The summed E-state index contributed by atoms with van der Waals surface area (Å²) in [5.41, 5.74) is 0.193. The molecule has 3 rings (SSSR count). The van der Waals surface area contributed by atoms with Gasteiger partial charge >= 0.3 is 12.1 Å². The fraction of sp³-hybridized carbons (Fsp3) is 0.238. The largest absolute Gasteiger partial charge is 0.452 e. The molecule has 0 aliphatic carbocycles. The topological polar surface area (TPSA) is 77.3 Å². The number of hydrogen-bond donors (Lipinski definition) is 0. The second kappa shape index (κ2) is 8.99.